The molecule has 0 spiro atoms. The summed E-state index contributed by atoms with van der Waals surface area (Å²) in [7, 11) is 0. The second-order valence-corrected chi connectivity index (χ2v) is 4.82. The van der Waals surface area contributed by atoms with Crippen LogP contribution in [0.1, 0.15) is 6.42 Å². The Kier molecular flexibility index (Phi) is 6.58. The van der Waals surface area contributed by atoms with Gasteiger partial charge in [-0.15, -0.1) is 0 Å². The number of nitrogens with zero attached hydrogens (tertiary/aromatic N) is 1. The van der Waals surface area contributed by atoms with Gasteiger partial charge in [-0.2, -0.15) is 0 Å². The summed E-state index contributed by atoms with van der Waals surface area (Å²) in [4.78, 5) is 11.8. The van der Waals surface area contributed by atoms with Gasteiger partial charge in [0.2, 0.25) is 0 Å². The van der Waals surface area contributed by atoms with E-state index in [-0.39, 0.29) is 18.9 Å². The smallest absolute Gasteiger partial charge is 0.319 e. The fourth-order valence-corrected chi connectivity index (χ4v) is 1.99. The Morgan fingerprint density at radius 1 is 1.26 bits per heavy atom. The monoisotopic (exact) mass is 321 g/mol. The fraction of sp³-hybridized carbons (Fsp3) is 0.312. The van der Waals surface area contributed by atoms with Gasteiger partial charge in [-0.1, -0.05) is 0 Å². The summed E-state index contributed by atoms with van der Waals surface area (Å²) >= 11 is 0. The number of carbonyl (C=O) groups is 1. The SMILES string of the molecule is O=C(NCCCOCCO)Nc1cc(-n2cccc2)ccc1F. The molecule has 0 radical (unpaired) electrons. The summed E-state index contributed by atoms with van der Waals surface area (Å²) in [6.07, 6.45) is 4.28. The van der Waals surface area contributed by atoms with E-state index in [0.29, 0.717) is 19.6 Å². The highest BCUT2D eigenvalue weighted by atomic mass is 19.1. The van der Waals surface area contributed by atoms with Crippen LogP contribution in [-0.2, 0) is 4.74 Å². The molecule has 0 unspecified atom stereocenters. The number of aliphatic hydroxyl groups excluding tert-OH is 1. The Morgan fingerprint density at radius 2 is 2.04 bits per heavy atom. The molecule has 0 fully saturated rings. The van der Waals surface area contributed by atoms with E-state index in [2.05, 4.69) is 10.6 Å². The van der Waals surface area contributed by atoms with Crippen LogP contribution in [0.5, 0.6) is 0 Å². The highest BCUT2D eigenvalue weighted by molar-refractivity contribution is 5.89. The lowest BCUT2D eigenvalue weighted by Crippen LogP contribution is -2.30. The minimum absolute atomic E-state index is 0.0229. The van der Waals surface area contributed by atoms with Crippen molar-refractivity contribution in [3.05, 3.63) is 48.5 Å². The van der Waals surface area contributed by atoms with Crippen molar-refractivity contribution in [3.63, 3.8) is 0 Å². The number of nitrogens with one attached hydrogen (secondary N) is 2. The lowest BCUT2D eigenvalue weighted by atomic mass is 10.2. The molecule has 3 N–H and O–H groups in total. The predicted molar refractivity (Wildman–Crippen MR) is 85.3 cm³/mol. The normalized spacial score (nSPS) is 10.5. The van der Waals surface area contributed by atoms with Crippen LogP contribution in [-0.4, -0.2) is 42.1 Å². The minimum atomic E-state index is -0.498. The summed E-state index contributed by atoms with van der Waals surface area (Å²) in [6, 6.07) is 7.77. The lowest BCUT2D eigenvalue weighted by molar-refractivity contribution is 0.0910. The zero-order valence-electron chi connectivity index (χ0n) is 12.7. The molecule has 6 nitrogen and oxygen atoms in total. The minimum Gasteiger partial charge on any atom is -0.394 e. The molecular formula is C16H20FN3O3. The van der Waals surface area contributed by atoms with Crippen LogP contribution in [0.3, 0.4) is 0 Å². The number of amides is 2. The van der Waals surface area contributed by atoms with Gasteiger partial charge in [0.25, 0.3) is 0 Å². The number of hydrogen-bond donors (Lipinski definition) is 3. The predicted octanol–water partition coefficient (Wildman–Crippen LogP) is 2.14. The van der Waals surface area contributed by atoms with Crippen molar-refractivity contribution in [1.29, 1.82) is 0 Å². The van der Waals surface area contributed by atoms with Gasteiger partial charge in [0.1, 0.15) is 5.82 Å². The van der Waals surface area contributed by atoms with Gasteiger partial charge >= 0.3 is 6.03 Å². The van der Waals surface area contributed by atoms with Gasteiger partial charge < -0.3 is 25.0 Å². The quantitative estimate of drug-likeness (QED) is 0.652. The zero-order valence-corrected chi connectivity index (χ0v) is 12.7. The van der Waals surface area contributed by atoms with Crippen molar-refractivity contribution in [3.8, 4) is 5.69 Å². The average molecular weight is 321 g/mol. The second-order valence-electron chi connectivity index (χ2n) is 4.82. The standard InChI is InChI=1S/C16H20FN3O3/c17-14-5-4-13(20-7-1-2-8-20)12-15(14)19-16(22)18-6-3-10-23-11-9-21/h1-2,4-5,7-8,12,21H,3,6,9-11H2,(H2,18,19,22). The van der Waals surface area contributed by atoms with Gasteiger partial charge in [0, 0.05) is 31.2 Å². The first-order valence-corrected chi connectivity index (χ1v) is 7.37. The summed E-state index contributed by atoms with van der Waals surface area (Å²) in [5.74, 6) is -0.498. The van der Waals surface area contributed by atoms with Gasteiger partial charge in [-0.3, -0.25) is 0 Å². The molecule has 23 heavy (non-hydrogen) atoms. The number of ether oxygens (including phenoxy) is 1. The summed E-state index contributed by atoms with van der Waals surface area (Å²) in [5, 5.41) is 13.7. The van der Waals surface area contributed by atoms with Crippen molar-refractivity contribution in [2.24, 2.45) is 0 Å². The van der Waals surface area contributed by atoms with Gasteiger partial charge in [0.15, 0.2) is 0 Å². The molecule has 1 heterocycles. The number of hydrogen-bond acceptors (Lipinski definition) is 3. The average Bonchev–Trinajstić information content (AvgIpc) is 3.07. The van der Waals surface area contributed by atoms with Crippen molar-refractivity contribution < 1.29 is 19.0 Å². The third kappa shape index (κ3) is 5.39. The lowest BCUT2D eigenvalue weighted by Gasteiger charge is -2.11. The van der Waals surface area contributed by atoms with Crippen molar-refractivity contribution in [1.82, 2.24) is 9.88 Å². The fourth-order valence-electron chi connectivity index (χ4n) is 1.99. The third-order valence-electron chi connectivity index (χ3n) is 3.09. The van der Waals surface area contributed by atoms with E-state index in [0.717, 1.165) is 5.69 Å². The summed E-state index contributed by atoms with van der Waals surface area (Å²) in [6.45, 7) is 1.10. The van der Waals surface area contributed by atoms with Crippen LogP contribution >= 0.6 is 0 Å². The molecule has 2 aromatic rings. The molecule has 1 aromatic heterocycles. The van der Waals surface area contributed by atoms with Crippen LogP contribution in [0, 0.1) is 5.82 Å². The van der Waals surface area contributed by atoms with Crippen LogP contribution in [0.15, 0.2) is 42.7 Å². The molecular weight excluding hydrogens is 301 g/mol. The molecule has 0 aliphatic heterocycles. The number of urea groups is 1. The third-order valence-corrected chi connectivity index (χ3v) is 3.09. The molecule has 0 aliphatic carbocycles. The Balaban J connectivity index is 1.84. The van der Waals surface area contributed by atoms with Gasteiger partial charge in [0.05, 0.1) is 18.9 Å². The second kappa shape index (κ2) is 8.92. The van der Waals surface area contributed by atoms with Crippen LogP contribution in [0.2, 0.25) is 0 Å². The van der Waals surface area contributed by atoms with Crippen LogP contribution < -0.4 is 10.6 Å². The van der Waals surface area contributed by atoms with Crippen molar-refractivity contribution >= 4 is 11.7 Å². The maximum absolute atomic E-state index is 13.8. The molecule has 0 saturated heterocycles. The van der Waals surface area contributed by atoms with E-state index in [1.54, 1.807) is 12.1 Å². The number of halogens is 1. The molecule has 1 aromatic carbocycles. The van der Waals surface area contributed by atoms with Crippen molar-refractivity contribution in [2.75, 3.05) is 31.7 Å². The number of aliphatic hydroxyl groups is 1. The zero-order chi connectivity index (χ0) is 16.5. The van der Waals surface area contributed by atoms with Crippen LogP contribution in [0.4, 0.5) is 14.9 Å². The topological polar surface area (TPSA) is 75.5 Å². The Bertz CT molecular complexity index is 617. The Morgan fingerprint density at radius 3 is 2.78 bits per heavy atom. The van der Waals surface area contributed by atoms with E-state index in [1.807, 2.05) is 29.1 Å². The van der Waals surface area contributed by atoms with Gasteiger partial charge in [-0.05, 0) is 36.8 Å². The number of anilines is 1. The Hall–Kier alpha value is -2.38. The summed E-state index contributed by atoms with van der Waals surface area (Å²) < 4.78 is 20.7. The first kappa shape index (κ1) is 17.0. The highest BCUT2D eigenvalue weighted by Crippen LogP contribution is 2.19. The van der Waals surface area contributed by atoms with E-state index in [9.17, 15) is 9.18 Å². The van der Waals surface area contributed by atoms with Gasteiger partial charge in [-0.25, -0.2) is 9.18 Å². The molecule has 0 aliphatic rings. The molecule has 0 bridgehead atoms. The maximum Gasteiger partial charge on any atom is 0.319 e. The van der Waals surface area contributed by atoms with E-state index in [4.69, 9.17) is 9.84 Å². The van der Waals surface area contributed by atoms with E-state index < -0.39 is 11.8 Å². The summed E-state index contributed by atoms with van der Waals surface area (Å²) in [5.41, 5.74) is 0.870. The molecule has 2 amide bonds. The molecule has 0 saturated carbocycles. The Labute approximate surface area is 133 Å². The molecule has 2 rings (SSSR count). The van der Waals surface area contributed by atoms with Crippen LogP contribution in [0.25, 0.3) is 5.69 Å². The number of benzene rings is 1. The first-order valence-electron chi connectivity index (χ1n) is 7.37. The maximum atomic E-state index is 13.8. The van der Waals surface area contributed by atoms with E-state index in [1.165, 1.54) is 6.07 Å². The van der Waals surface area contributed by atoms with Crippen molar-refractivity contribution in [2.45, 2.75) is 6.42 Å². The molecule has 124 valence electrons. The number of carbonyl (C=O) groups excluding carboxylic acids is 1. The van der Waals surface area contributed by atoms with E-state index >= 15 is 0 Å². The number of aromatic nitrogens is 1. The number of rotatable bonds is 8. The molecule has 0 atom stereocenters. The first-order chi connectivity index (χ1) is 11.2. The largest absolute Gasteiger partial charge is 0.394 e. The molecule has 7 heteroatoms. The highest BCUT2D eigenvalue weighted by Gasteiger charge is 2.08.